The highest BCUT2D eigenvalue weighted by Crippen LogP contribution is 2.36. The van der Waals surface area contributed by atoms with E-state index in [-0.39, 0.29) is 0 Å². The SMILES string of the molecule is CC1CCN(C(=O)CSc2c3c(nc4ccccc24)CCCC3)CC1. The lowest BCUT2D eigenvalue weighted by Crippen LogP contribution is -2.38. The van der Waals surface area contributed by atoms with Crippen molar-refractivity contribution in [3.63, 3.8) is 0 Å². The summed E-state index contributed by atoms with van der Waals surface area (Å²) < 4.78 is 0. The van der Waals surface area contributed by atoms with Crippen LogP contribution in [0.4, 0.5) is 0 Å². The number of aryl methyl sites for hydroxylation is 1. The van der Waals surface area contributed by atoms with E-state index in [0.29, 0.717) is 11.7 Å². The predicted molar refractivity (Wildman–Crippen MR) is 104 cm³/mol. The molecular weight excluding hydrogens is 328 g/mol. The fraction of sp³-hybridized carbons (Fsp3) is 0.524. The Hall–Kier alpha value is -1.55. The number of para-hydroxylation sites is 1. The molecule has 1 amide bonds. The fourth-order valence-electron chi connectivity index (χ4n) is 3.98. The van der Waals surface area contributed by atoms with Crippen LogP contribution in [0.5, 0.6) is 0 Å². The Balaban J connectivity index is 1.57. The van der Waals surface area contributed by atoms with E-state index >= 15 is 0 Å². The molecule has 1 aliphatic heterocycles. The maximum absolute atomic E-state index is 12.7. The maximum Gasteiger partial charge on any atom is 0.232 e. The van der Waals surface area contributed by atoms with Crippen LogP contribution in [-0.2, 0) is 17.6 Å². The number of carbonyl (C=O) groups excluding carboxylic acids is 1. The number of rotatable bonds is 3. The highest BCUT2D eigenvalue weighted by Gasteiger charge is 2.22. The van der Waals surface area contributed by atoms with Gasteiger partial charge in [-0.3, -0.25) is 9.78 Å². The molecule has 0 atom stereocenters. The van der Waals surface area contributed by atoms with E-state index in [9.17, 15) is 4.79 Å². The number of hydrogen-bond acceptors (Lipinski definition) is 3. The second-order valence-electron chi connectivity index (χ2n) is 7.44. The number of aromatic nitrogens is 1. The Morgan fingerprint density at radius 3 is 2.80 bits per heavy atom. The van der Waals surface area contributed by atoms with Crippen molar-refractivity contribution in [2.45, 2.75) is 50.3 Å². The second-order valence-corrected chi connectivity index (χ2v) is 8.43. The van der Waals surface area contributed by atoms with E-state index in [1.54, 1.807) is 11.8 Å². The molecule has 0 unspecified atom stereocenters. The van der Waals surface area contributed by atoms with Crippen LogP contribution in [0.25, 0.3) is 10.9 Å². The molecule has 1 fully saturated rings. The number of pyridine rings is 1. The topological polar surface area (TPSA) is 33.2 Å². The van der Waals surface area contributed by atoms with Crippen LogP contribution in [0.15, 0.2) is 29.2 Å². The van der Waals surface area contributed by atoms with Gasteiger partial charge in [0.05, 0.1) is 11.3 Å². The summed E-state index contributed by atoms with van der Waals surface area (Å²) in [7, 11) is 0. The number of nitrogens with zero attached hydrogens (tertiary/aromatic N) is 2. The molecule has 0 bridgehead atoms. The molecule has 0 radical (unpaired) electrons. The van der Waals surface area contributed by atoms with Crippen molar-refractivity contribution in [1.82, 2.24) is 9.88 Å². The van der Waals surface area contributed by atoms with Gasteiger partial charge in [-0.15, -0.1) is 11.8 Å². The zero-order valence-electron chi connectivity index (χ0n) is 15.0. The molecule has 4 rings (SSSR count). The molecule has 1 aliphatic carbocycles. The van der Waals surface area contributed by atoms with Gasteiger partial charge in [0.1, 0.15) is 0 Å². The molecule has 25 heavy (non-hydrogen) atoms. The maximum atomic E-state index is 12.7. The number of piperidine rings is 1. The van der Waals surface area contributed by atoms with Gasteiger partial charge in [0.25, 0.3) is 0 Å². The number of thioether (sulfide) groups is 1. The van der Waals surface area contributed by atoms with E-state index in [1.807, 2.05) is 0 Å². The Kier molecular flexibility index (Phi) is 4.98. The lowest BCUT2D eigenvalue weighted by Gasteiger charge is -2.30. The molecular formula is C21H26N2OS. The Bertz CT molecular complexity index is 781. The summed E-state index contributed by atoms with van der Waals surface area (Å²) in [6.45, 7) is 4.14. The average Bonchev–Trinajstić information content (AvgIpc) is 2.65. The molecule has 2 aromatic rings. The molecule has 1 aromatic carbocycles. The Morgan fingerprint density at radius 1 is 1.20 bits per heavy atom. The second kappa shape index (κ2) is 7.36. The van der Waals surface area contributed by atoms with Crippen LogP contribution >= 0.6 is 11.8 Å². The largest absolute Gasteiger partial charge is 0.342 e. The molecule has 2 aliphatic rings. The standard InChI is InChI=1S/C21H26N2OS/c1-15-10-12-23(13-11-15)20(24)14-25-21-16-6-2-4-8-18(16)22-19-9-5-3-7-17(19)21/h2,4,6,8,15H,3,5,7,9-14H2,1H3. The van der Waals surface area contributed by atoms with Gasteiger partial charge >= 0.3 is 0 Å². The molecule has 0 N–H and O–H groups in total. The van der Waals surface area contributed by atoms with Crippen LogP contribution in [0.3, 0.4) is 0 Å². The minimum absolute atomic E-state index is 0.294. The molecule has 2 heterocycles. The van der Waals surface area contributed by atoms with E-state index in [1.165, 1.54) is 34.4 Å². The van der Waals surface area contributed by atoms with E-state index in [2.05, 4.69) is 36.1 Å². The van der Waals surface area contributed by atoms with Gasteiger partial charge in [-0.2, -0.15) is 0 Å². The number of fused-ring (bicyclic) bond motifs is 2. The lowest BCUT2D eigenvalue weighted by atomic mass is 9.94. The molecule has 0 spiro atoms. The number of amides is 1. The van der Waals surface area contributed by atoms with Crippen molar-refractivity contribution in [3.05, 3.63) is 35.5 Å². The van der Waals surface area contributed by atoms with Gasteiger partial charge < -0.3 is 4.90 Å². The summed E-state index contributed by atoms with van der Waals surface area (Å²) in [5.74, 6) is 1.60. The van der Waals surface area contributed by atoms with Gasteiger partial charge in [-0.25, -0.2) is 0 Å². The Labute approximate surface area is 154 Å². The number of benzene rings is 1. The van der Waals surface area contributed by atoms with Crippen molar-refractivity contribution < 1.29 is 4.79 Å². The molecule has 1 saturated heterocycles. The van der Waals surface area contributed by atoms with Gasteiger partial charge in [0.15, 0.2) is 0 Å². The van der Waals surface area contributed by atoms with E-state index in [4.69, 9.17) is 4.98 Å². The summed E-state index contributed by atoms with van der Waals surface area (Å²) in [6.07, 6.45) is 6.93. The molecule has 3 nitrogen and oxygen atoms in total. The molecule has 4 heteroatoms. The highest BCUT2D eigenvalue weighted by atomic mass is 32.2. The van der Waals surface area contributed by atoms with Crippen molar-refractivity contribution in [2.24, 2.45) is 5.92 Å². The van der Waals surface area contributed by atoms with E-state index in [0.717, 1.165) is 50.2 Å². The molecule has 0 saturated carbocycles. The summed E-state index contributed by atoms with van der Waals surface area (Å²) in [6, 6.07) is 8.39. The molecule has 1 aromatic heterocycles. The van der Waals surface area contributed by atoms with Gasteiger partial charge in [-0.05, 0) is 56.1 Å². The van der Waals surface area contributed by atoms with Crippen LogP contribution in [0.1, 0.15) is 43.9 Å². The summed E-state index contributed by atoms with van der Waals surface area (Å²) in [4.78, 5) is 20.9. The third-order valence-corrected chi connectivity index (χ3v) is 6.74. The summed E-state index contributed by atoms with van der Waals surface area (Å²) in [5, 5.41) is 1.22. The van der Waals surface area contributed by atoms with Crippen LogP contribution in [-0.4, -0.2) is 34.6 Å². The summed E-state index contributed by atoms with van der Waals surface area (Å²) in [5.41, 5.74) is 3.73. The third-order valence-electron chi connectivity index (χ3n) is 5.59. The van der Waals surface area contributed by atoms with E-state index < -0.39 is 0 Å². The lowest BCUT2D eigenvalue weighted by molar-refractivity contribution is -0.129. The fourth-order valence-corrected chi connectivity index (χ4v) is 5.15. The van der Waals surface area contributed by atoms with Crippen LogP contribution in [0.2, 0.25) is 0 Å². The van der Waals surface area contributed by atoms with Crippen LogP contribution < -0.4 is 0 Å². The van der Waals surface area contributed by atoms with Crippen LogP contribution in [0, 0.1) is 5.92 Å². The number of carbonyl (C=O) groups is 1. The van der Waals surface area contributed by atoms with Gasteiger partial charge in [0, 0.05) is 29.1 Å². The highest BCUT2D eigenvalue weighted by molar-refractivity contribution is 8.00. The average molecular weight is 355 g/mol. The van der Waals surface area contributed by atoms with Crippen molar-refractivity contribution in [2.75, 3.05) is 18.8 Å². The minimum Gasteiger partial charge on any atom is -0.342 e. The van der Waals surface area contributed by atoms with Crippen molar-refractivity contribution >= 4 is 28.6 Å². The number of likely N-dealkylation sites (tertiary alicyclic amines) is 1. The quantitative estimate of drug-likeness (QED) is 0.763. The third kappa shape index (κ3) is 3.55. The first kappa shape index (κ1) is 16.9. The minimum atomic E-state index is 0.294. The van der Waals surface area contributed by atoms with Gasteiger partial charge in [0.2, 0.25) is 5.91 Å². The van der Waals surface area contributed by atoms with Crippen molar-refractivity contribution in [3.8, 4) is 0 Å². The molecule has 132 valence electrons. The smallest absolute Gasteiger partial charge is 0.232 e. The first-order valence-corrected chi connectivity index (χ1v) is 10.5. The Morgan fingerprint density at radius 2 is 1.96 bits per heavy atom. The zero-order valence-corrected chi connectivity index (χ0v) is 15.8. The monoisotopic (exact) mass is 354 g/mol. The summed E-state index contributed by atoms with van der Waals surface area (Å²) >= 11 is 1.74. The van der Waals surface area contributed by atoms with Crippen molar-refractivity contribution in [1.29, 1.82) is 0 Å². The normalized spacial score (nSPS) is 18.4. The predicted octanol–water partition coefficient (Wildman–Crippen LogP) is 4.46. The number of hydrogen-bond donors (Lipinski definition) is 0. The first-order chi connectivity index (χ1) is 12.2. The zero-order chi connectivity index (χ0) is 17.2. The van der Waals surface area contributed by atoms with Gasteiger partial charge in [-0.1, -0.05) is 25.1 Å². The first-order valence-electron chi connectivity index (χ1n) is 9.53.